The average molecular weight is 694 g/mol. The summed E-state index contributed by atoms with van der Waals surface area (Å²) >= 11 is 0. The number of hydrogen-bond acceptors (Lipinski definition) is 9. The maximum Gasteiger partial charge on any atom is 0.472 e. The second-order valence-electron chi connectivity index (χ2n) is 12.7. The van der Waals surface area contributed by atoms with Gasteiger partial charge in [-0.3, -0.25) is 23.4 Å². The van der Waals surface area contributed by atoms with Gasteiger partial charge in [0.1, 0.15) is 12.6 Å². The lowest BCUT2D eigenvalue weighted by atomic mass is 10.0. The van der Waals surface area contributed by atoms with Gasteiger partial charge in [-0.25, -0.2) is 4.57 Å². The first kappa shape index (κ1) is 45.5. The molecule has 0 radical (unpaired) electrons. The van der Waals surface area contributed by atoms with Gasteiger partial charge in [0, 0.05) is 12.8 Å². The van der Waals surface area contributed by atoms with E-state index in [1.54, 1.807) is 0 Å². The highest BCUT2D eigenvalue weighted by Gasteiger charge is 2.28. The zero-order valence-corrected chi connectivity index (χ0v) is 30.5. The Morgan fingerprint density at radius 1 is 0.574 bits per heavy atom. The third kappa shape index (κ3) is 31.5. The van der Waals surface area contributed by atoms with Gasteiger partial charge in [0.05, 0.1) is 13.2 Å². The van der Waals surface area contributed by atoms with Gasteiger partial charge in [-0.15, -0.1) is 0 Å². The third-order valence-electron chi connectivity index (χ3n) is 8.11. The van der Waals surface area contributed by atoms with Crippen LogP contribution in [0, 0.1) is 0 Å². The SMILES string of the molecule is CCCCCCCCCCCCCCCCC(=O)O[C@H](COC(=O)CCCCCCCCCCC)COP(=O)(O)OC[C@H](N)C(=O)O. The van der Waals surface area contributed by atoms with E-state index >= 15 is 0 Å². The molecule has 0 aromatic heterocycles. The topological polar surface area (TPSA) is 172 Å². The Hall–Kier alpha value is -1.52. The Balaban J connectivity index is 4.41. The van der Waals surface area contributed by atoms with E-state index in [-0.39, 0.29) is 19.4 Å². The quantitative estimate of drug-likeness (QED) is 0.0329. The number of hydrogen-bond donors (Lipinski definition) is 3. The molecule has 11 nitrogen and oxygen atoms in total. The predicted molar refractivity (Wildman–Crippen MR) is 185 cm³/mol. The number of ether oxygens (including phenoxy) is 2. The molecular weight excluding hydrogens is 625 g/mol. The maximum absolute atomic E-state index is 12.5. The number of phosphoric ester groups is 1. The molecule has 0 aliphatic rings. The number of esters is 2. The first-order valence-corrected chi connectivity index (χ1v) is 20.1. The lowest BCUT2D eigenvalue weighted by Gasteiger charge is -2.20. The summed E-state index contributed by atoms with van der Waals surface area (Å²) in [6.07, 6.45) is 26.1. The van der Waals surface area contributed by atoms with Gasteiger partial charge in [-0.1, -0.05) is 149 Å². The molecule has 0 amide bonds. The molecule has 0 aliphatic heterocycles. The summed E-state index contributed by atoms with van der Waals surface area (Å²) in [5.41, 5.74) is 5.30. The van der Waals surface area contributed by atoms with E-state index in [2.05, 4.69) is 18.4 Å². The predicted octanol–water partition coefficient (Wildman–Crippen LogP) is 8.78. The zero-order valence-electron chi connectivity index (χ0n) is 29.6. The normalized spacial score (nSPS) is 14.0. The fraction of sp³-hybridized carbons (Fsp3) is 0.914. The molecule has 0 heterocycles. The summed E-state index contributed by atoms with van der Waals surface area (Å²) in [5, 5.41) is 8.84. The van der Waals surface area contributed by atoms with Crippen LogP contribution >= 0.6 is 7.82 Å². The van der Waals surface area contributed by atoms with Crippen LogP contribution in [0.5, 0.6) is 0 Å². The van der Waals surface area contributed by atoms with E-state index < -0.39 is 51.1 Å². The minimum Gasteiger partial charge on any atom is -0.480 e. The van der Waals surface area contributed by atoms with Gasteiger partial charge in [-0.05, 0) is 12.8 Å². The molecule has 0 saturated heterocycles. The fourth-order valence-corrected chi connectivity index (χ4v) is 5.90. The van der Waals surface area contributed by atoms with Crippen molar-refractivity contribution in [3.05, 3.63) is 0 Å². The van der Waals surface area contributed by atoms with Crippen molar-refractivity contribution < 1.29 is 47.5 Å². The highest BCUT2D eigenvalue weighted by molar-refractivity contribution is 7.47. The first-order valence-electron chi connectivity index (χ1n) is 18.6. The highest BCUT2D eigenvalue weighted by Crippen LogP contribution is 2.43. The monoisotopic (exact) mass is 693 g/mol. The smallest absolute Gasteiger partial charge is 0.472 e. The van der Waals surface area contributed by atoms with E-state index in [9.17, 15) is 23.8 Å². The van der Waals surface area contributed by atoms with Gasteiger partial charge in [0.2, 0.25) is 0 Å². The number of phosphoric acid groups is 1. The molecule has 0 saturated carbocycles. The molecule has 0 aliphatic carbocycles. The molecule has 0 spiro atoms. The van der Waals surface area contributed by atoms with Crippen LogP contribution in [0.25, 0.3) is 0 Å². The fourth-order valence-electron chi connectivity index (χ4n) is 5.12. The number of carboxylic acid groups (broad SMARTS) is 1. The van der Waals surface area contributed by atoms with Crippen LogP contribution in [-0.2, 0) is 37.5 Å². The number of aliphatic carboxylic acids is 1. The van der Waals surface area contributed by atoms with E-state index in [1.165, 1.54) is 96.3 Å². The lowest BCUT2D eigenvalue weighted by Crippen LogP contribution is -2.34. The van der Waals surface area contributed by atoms with E-state index in [4.69, 9.17) is 24.8 Å². The van der Waals surface area contributed by atoms with Crippen molar-refractivity contribution in [2.24, 2.45) is 5.73 Å². The molecule has 0 rings (SSSR count). The zero-order chi connectivity index (χ0) is 35.0. The minimum atomic E-state index is -4.70. The second-order valence-corrected chi connectivity index (χ2v) is 14.2. The van der Waals surface area contributed by atoms with E-state index in [0.717, 1.165) is 38.5 Å². The molecule has 0 fully saturated rings. The number of carbonyl (C=O) groups excluding carboxylic acids is 2. The van der Waals surface area contributed by atoms with Crippen LogP contribution < -0.4 is 5.73 Å². The Morgan fingerprint density at radius 3 is 1.34 bits per heavy atom. The van der Waals surface area contributed by atoms with Crippen LogP contribution in [0.2, 0.25) is 0 Å². The summed E-state index contributed by atoms with van der Waals surface area (Å²) in [6.45, 7) is 2.77. The maximum atomic E-state index is 12.5. The van der Waals surface area contributed by atoms with E-state index in [1.807, 2.05) is 0 Å². The molecule has 47 heavy (non-hydrogen) atoms. The molecule has 12 heteroatoms. The van der Waals surface area contributed by atoms with Crippen LogP contribution in [0.15, 0.2) is 0 Å². The summed E-state index contributed by atoms with van der Waals surface area (Å²) < 4.78 is 32.5. The Labute approximate surface area is 285 Å². The van der Waals surface area contributed by atoms with Crippen molar-refractivity contribution in [3.8, 4) is 0 Å². The number of carboxylic acids is 1. The van der Waals surface area contributed by atoms with Crippen molar-refractivity contribution in [1.82, 2.24) is 0 Å². The van der Waals surface area contributed by atoms with Crippen molar-refractivity contribution in [3.63, 3.8) is 0 Å². The summed E-state index contributed by atoms with van der Waals surface area (Å²) in [5.74, 6) is -2.37. The second kappa shape index (κ2) is 31.7. The Bertz CT molecular complexity index is 828. The Kier molecular flexibility index (Phi) is 30.7. The molecular formula is C35H68NO10P. The van der Waals surface area contributed by atoms with Crippen LogP contribution in [-0.4, -0.2) is 59.9 Å². The van der Waals surface area contributed by atoms with Gasteiger partial charge < -0.3 is 25.2 Å². The number of rotatable bonds is 35. The molecule has 4 N–H and O–H groups in total. The number of unbranched alkanes of at least 4 members (excludes halogenated alkanes) is 21. The molecule has 0 bridgehead atoms. The minimum absolute atomic E-state index is 0.168. The molecule has 0 aromatic rings. The summed E-state index contributed by atoms with van der Waals surface area (Å²) in [6, 6.07) is -1.51. The van der Waals surface area contributed by atoms with Crippen molar-refractivity contribution >= 4 is 25.7 Å². The molecule has 3 atom stereocenters. The van der Waals surface area contributed by atoms with Gasteiger partial charge in [0.25, 0.3) is 0 Å². The Morgan fingerprint density at radius 2 is 0.936 bits per heavy atom. The van der Waals surface area contributed by atoms with Crippen molar-refractivity contribution in [1.29, 1.82) is 0 Å². The van der Waals surface area contributed by atoms with Crippen molar-refractivity contribution in [2.75, 3.05) is 19.8 Å². The summed E-state index contributed by atoms with van der Waals surface area (Å²) in [4.78, 5) is 45.6. The van der Waals surface area contributed by atoms with Crippen LogP contribution in [0.4, 0.5) is 0 Å². The average Bonchev–Trinajstić information content (AvgIpc) is 3.04. The highest BCUT2D eigenvalue weighted by atomic mass is 31.2. The molecule has 1 unspecified atom stereocenters. The van der Waals surface area contributed by atoms with Gasteiger partial charge in [0.15, 0.2) is 6.10 Å². The standard InChI is InChI=1S/C35H68NO10P/c1-3-5-7-9-11-13-14-15-16-17-19-21-23-25-27-34(38)46-31(29-44-47(41,42)45-30-32(36)35(39)40)28-43-33(37)26-24-22-20-18-12-10-8-6-4-2/h31-32H,3-30,36H2,1-2H3,(H,39,40)(H,41,42)/t31-,32+/m1/s1. The van der Waals surface area contributed by atoms with Crippen LogP contribution in [0.1, 0.15) is 174 Å². The number of carbonyl (C=O) groups is 3. The van der Waals surface area contributed by atoms with Gasteiger partial charge >= 0.3 is 25.7 Å². The van der Waals surface area contributed by atoms with Crippen molar-refractivity contribution in [2.45, 2.75) is 187 Å². The lowest BCUT2D eigenvalue weighted by molar-refractivity contribution is -0.161. The number of nitrogens with two attached hydrogens (primary N) is 1. The first-order chi connectivity index (χ1) is 22.6. The third-order valence-corrected chi connectivity index (χ3v) is 9.06. The molecule has 278 valence electrons. The summed E-state index contributed by atoms with van der Waals surface area (Å²) in [7, 11) is -4.70. The largest absolute Gasteiger partial charge is 0.480 e. The van der Waals surface area contributed by atoms with E-state index in [0.29, 0.717) is 12.8 Å². The van der Waals surface area contributed by atoms with Crippen LogP contribution in [0.3, 0.4) is 0 Å². The van der Waals surface area contributed by atoms with Gasteiger partial charge in [-0.2, -0.15) is 0 Å². The molecule has 0 aromatic carbocycles.